The van der Waals surface area contributed by atoms with Gasteiger partial charge in [-0.05, 0) is 50.8 Å². The second kappa shape index (κ2) is 7.23. The van der Waals surface area contributed by atoms with Crippen molar-refractivity contribution in [1.29, 1.82) is 0 Å². The van der Waals surface area contributed by atoms with Crippen LogP contribution in [0.1, 0.15) is 43.9 Å². The van der Waals surface area contributed by atoms with Crippen LogP contribution in [-0.4, -0.2) is 22.4 Å². The Morgan fingerprint density at radius 2 is 1.73 bits per heavy atom. The average Bonchev–Trinajstić information content (AvgIpc) is 2.51. The number of hydrogen-bond donors (Lipinski definition) is 1. The van der Waals surface area contributed by atoms with Gasteiger partial charge in [0, 0.05) is 29.1 Å². The van der Waals surface area contributed by atoms with E-state index < -0.39 is 11.0 Å². The molecule has 1 aromatic carbocycles. The van der Waals surface area contributed by atoms with Crippen molar-refractivity contribution in [2.75, 3.05) is 7.11 Å². The van der Waals surface area contributed by atoms with Crippen molar-refractivity contribution in [3.8, 4) is 5.75 Å². The maximum Gasteiger partial charge on any atom is 0.187 e. The summed E-state index contributed by atoms with van der Waals surface area (Å²) < 4.78 is 21.0. The van der Waals surface area contributed by atoms with E-state index in [1.54, 1.807) is 46.3 Å². The fourth-order valence-corrected chi connectivity index (χ4v) is 3.76. The first kappa shape index (κ1) is 20.2. The second-order valence-electron chi connectivity index (χ2n) is 8.03. The van der Waals surface area contributed by atoms with Crippen LogP contribution in [0.2, 0.25) is 0 Å². The van der Waals surface area contributed by atoms with Gasteiger partial charge >= 0.3 is 0 Å². The number of ether oxygens (including phenoxy) is 1. The lowest BCUT2D eigenvalue weighted by Gasteiger charge is -2.35. The molecule has 0 saturated carbocycles. The number of aryl methyl sites for hydroxylation is 2. The molecule has 2 aromatic rings. The van der Waals surface area contributed by atoms with Crippen LogP contribution < -0.4 is 10.2 Å². The van der Waals surface area contributed by atoms with Crippen molar-refractivity contribution in [2.24, 2.45) is 0 Å². The minimum Gasteiger partial charge on any atom is -0.496 e. The third kappa shape index (κ3) is 4.52. The van der Waals surface area contributed by atoms with Gasteiger partial charge in [-0.2, -0.15) is 0 Å². The van der Waals surface area contributed by atoms with Crippen LogP contribution in [0.25, 0.3) is 0 Å². The highest BCUT2D eigenvalue weighted by molar-refractivity contribution is 5.39. The van der Waals surface area contributed by atoms with E-state index in [-0.39, 0.29) is 11.2 Å². The summed E-state index contributed by atoms with van der Waals surface area (Å²) in [5.74, 6) is 0.266. The molecule has 1 atom stereocenters. The minimum absolute atomic E-state index is 0.0192. The Bertz CT molecular complexity index is 827. The number of rotatable bonds is 6. The molecule has 0 aliphatic carbocycles. The Kier molecular flexibility index (Phi) is 5.61. The number of nitrogens with zero attached hydrogens (tertiary/aromatic N) is 1. The molecule has 0 saturated heterocycles. The van der Waals surface area contributed by atoms with Crippen molar-refractivity contribution in [3.63, 3.8) is 0 Å². The Morgan fingerprint density at radius 3 is 2.27 bits per heavy atom. The summed E-state index contributed by atoms with van der Waals surface area (Å²) in [7, 11) is 1.55. The molecule has 0 fully saturated rings. The molecule has 0 aliphatic heterocycles. The summed E-state index contributed by atoms with van der Waals surface area (Å²) in [6.07, 6.45) is 3.89. The maximum absolute atomic E-state index is 13.8. The van der Waals surface area contributed by atoms with Gasteiger partial charge in [0.15, 0.2) is 5.43 Å². The summed E-state index contributed by atoms with van der Waals surface area (Å²) in [6, 6.07) is 4.43. The summed E-state index contributed by atoms with van der Waals surface area (Å²) in [5.41, 5.74) is 0.450. The number of aliphatic hydroxyl groups is 1. The van der Waals surface area contributed by atoms with Gasteiger partial charge in [-0.25, -0.2) is 4.39 Å². The number of pyridine rings is 1. The molecule has 0 bridgehead atoms. The van der Waals surface area contributed by atoms with E-state index in [1.165, 1.54) is 12.1 Å². The van der Waals surface area contributed by atoms with E-state index in [2.05, 4.69) is 0 Å². The molecule has 1 aromatic heterocycles. The summed E-state index contributed by atoms with van der Waals surface area (Å²) in [4.78, 5) is 11.9. The van der Waals surface area contributed by atoms with Crippen LogP contribution in [-0.2, 0) is 12.0 Å². The normalized spacial score (nSPS) is 14.2. The van der Waals surface area contributed by atoms with Crippen molar-refractivity contribution in [3.05, 3.63) is 63.3 Å². The van der Waals surface area contributed by atoms with E-state index in [9.17, 15) is 14.3 Å². The van der Waals surface area contributed by atoms with Crippen LogP contribution >= 0.6 is 0 Å². The van der Waals surface area contributed by atoms with Gasteiger partial charge in [-0.3, -0.25) is 4.79 Å². The highest BCUT2D eigenvalue weighted by Crippen LogP contribution is 2.38. The van der Waals surface area contributed by atoms with E-state index in [4.69, 9.17) is 4.74 Å². The van der Waals surface area contributed by atoms with Gasteiger partial charge in [0.2, 0.25) is 0 Å². The molecule has 0 aliphatic rings. The number of hydrogen-bond acceptors (Lipinski definition) is 3. The monoisotopic (exact) mass is 361 g/mol. The second-order valence-corrected chi connectivity index (χ2v) is 8.03. The lowest BCUT2D eigenvalue weighted by molar-refractivity contribution is 0.0143. The summed E-state index contributed by atoms with van der Waals surface area (Å²) >= 11 is 0. The molecular weight excluding hydrogens is 333 g/mol. The third-order valence-electron chi connectivity index (χ3n) is 4.67. The van der Waals surface area contributed by atoms with Crippen molar-refractivity contribution in [2.45, 2.75) is 58.6 Å². The summed E-state index contributed by atoms with van der Waals surface area (Å²) in [6.45, 7) is 9.53. The Balaban J connectivity index is 2.30. The average molecular weight is 361 g/mol. The first-order chi connectivity index (χ1) is 11.9. The first-order valence-corrected chi connectivity index (χ1v) is 8.69. The Morgan fingerprint density at radius 1 is 1.15 bits per heavy atom. The highest BCUT2D eigenvalue weighted by atomic mass is 19.1. The van der Waals surface area contributed by atoms with Crippen LogP contribution in [0.15, 0.2) is 35.4 Å². The van der Waals surface area contributed by atoms with Crippen molar-refractivity contribution < 1.29 is 14.2 Å². The van der Waals surface area contributed by atoms with Crippen LogP contribution in [0.3, 0.4) is 0 Å². The maximum atomic E-state index is 13.8. The molecule has 26 heavy (non-hydrogen) atoms. The minimum atomic E-state index is -1.06. The van der Waals surface area contributed by atoms with Gasteiger partial charge in [0.05, 0.1) is 19.3 Å². The molecule has 1 heterocycles. The van der Waals surface area contributed by atoms with Crippen LogP contribution in [0, 0.1) is 19.7 Å². The van der Waals surface area contributed by atoms with E-state index >= 15 is 0 Å². The van der Waals surface area contributed by atoms with Gasteiger partial charge in [0.25, 0.3) is 0 Å². The topological polar surface area (TPSA) is 51.5 Å². The van der Waals surface area contributed by atoms with Crippen molar-refractivity contribution >= 4 is 0 Å². The number of halogens is 1. The molecule has 1 N–H and O–H groups in total. The molecule has 0 spiro atoms. The predicted octanol–water partition coefficient (Wildman–Crippen LogP) is 3.73. The standard InChI is InChI=1S/C21H28FNO3/c1-14-10-23(11-15(2)19(14)24)13-21(5,25)12-20(3,4)17-9-16(22)7-8-18(17)26-6/h7-11,25H,12-13H2,1-6H3. The molecule has 142 valence electrons. The quantitative estimate of drug-likeness (QED) is 0.853. The zero-order chi connectivity index (χ0) is 19.7. The zero-order valence-electron chi connectivity index (χ0n) is 16.4. The lowest BCUT2D eigenvalue weighted by Crippen LogP contribution is -2.38. The molecular formula is C21H28FNO3. The van der Waals surface area contributed by atoms with Gasteiger partial charge < -0.3 is 14.4 Å². The number of benzene rings is 1. The van der Waals surface area contributed by atoms with E-state index in [1.807, 2.05) is 18.4 Å². The molecule has 5 heteroatoms. The molecule has 1 unspecified atom stereocenters. The zero-order valence-corrected chi connectivity index (χ0v) is 16.4. The third-order valence-corrected chi connectivity index (χ3v) is 4.67. The number of methoxy groups -OCH3 is 1. The Hall–Kier alpha value is -2.14. The fourth-order valence-electron chi connectivity index (χ4n) is 3.76. The van der Waals surface area contributed by atoms with E-state index in [0.29, 0.717) is 35.4 Å². The van der Waals surface area contributed by atoms with Crippen molar-refractivity contribution in [1.82, 2.24) is 4.57 Å². The van der Waals surface area contributed by atoms with Gasteiger partial charge in [-0.15, -0.1) is 0 Å². The SMILES string of the molecule is COc1ccc(F)cc1C(C)(C)CC(C)(O)Cn1cc(C)c(=O)c(C)c1. The largest absolute Gasteiger partial charge is 0.496 e. The smallest absolute Gasteiger partial charge is 0.187 e. The van der Waals surface area contributed by atoms with Crippen LogP contribution in [0.5, 0.6) is 5.75 Å². The van der Waals surface area contributed by atoms with Gasteiger partial charge in [0.1, 0.15) is 11.6 Å². The lowest BCUT2D eigenvalue weighted by atomic mass is 9.75. The van der Waals surface area contributed by atoms with Crippen LogP contribution in [0.4, 0.5) is 4.39 Å². The summed E-state index contributed by atoms with van der Waals surface area (Å²) in [5, 5.41) is 11.0. The molecule has 2 rings (SSSR count). The molecule has 0 amide bonds. The first-order valence-electron chi connectivity index (χ1n) is 8.69. The highest BCUT2D eigenvalue weighted by Gasteiger charge is 2.34. The Labute approximate surface area is 154 Å². The van der Waals surface area contributed by atoms with Gasteiger partial charge in [-0.1, -0.05) is 13.8 Å². The molecule has 4 nitrogen and oxygen atoms in total. The number of aromatic nitrogens is 1. The molecule has 0 radical (unpaired) electrons. The fraction of sp³-hybridized carbons (Fsp3) is 0.476. The van der Waals surface area contributed by atoms with E-state index in [0.717, 1.165) is 0 Å². The predicted molar refractivity (Wildman–Crippen MR) is 101 cm³/mol.